The highest BCUT2D eigenvalue weighted by molar-refractivity contribution is 5.75. The standard InChI is InChI=1S/C14H30N2O2/c1-10(2)8-12(5)16(6)9-13(14(17)18-7)15-11(3)4/h10-13,15H,8-9H2,1-7H3. The second kappa shape index (κ2) is 8.48. The molecule has 0 aromatic heterocycles. The Balaban J connectivity index is 4.42. The summed E-state index contributed by atoms with van der Waals surface area (Å²) in [4.78, 5) is 13.9. The number of hydrogen-bond donors (Lipinski definition) is 1. The minimum absolute atomic E-state index is 0.188. The molecule has 0 spiro atoms. The number of methoxy groups -OCH3 is 1. The lowest BCUT2D eigenvalue weighted by Crippen LogP contribution is -2.50. The summed E-state index contributed by atoms with van der Waals surface area (Å²) < 4.78 is 4.85. The number of hydrogen-bond acceptors (Lipinski definition) is 4. The van der Waals surface area contributed by atoms with Crippen LogP contribution in [-0.2, 0) is 9.53 Å². The number of nitrogens with zero attached hydrogens (tertiary/aromatic N) is 1. The van der Waals surface area contributed by atoms with Gasteiger partial charge in [0.05, 0.1) is 7.11 Å². The first kappa shape index (κ1) is 17.4. The van der Waals surface area contributed by atoms with Gasteiger partial charge in [-0.3, -0.25) is 4.79 Å². The van der Waals surface area contributed by atoms with Gasteiger partial charge in [0.15, 0.2) is 0 Å². The number of carbonyl (C=O) groups excluding carboxylic acids is 1. The lowest BCUT2D eigenvalue weighted by molar-refractivity contribution is -0.143. The van der Waals surface area contributed by atoms with Crippen LogP contribution in [0.2, 0.25) is 0 Å². The predicted octanol–water partition coefficient (Wildman–Crippen LogP) is 1.89. The second-order valence-electron chi connectivity index (χ2n) is 5.82. The first-order valence-corrected chi connectivity index (χ1v) is 6.82. The quantitative estimate of drug-likeness (QED) is 0.675. The number of nitrogens with one attached hydrogen (secondary N) is 1. The van der Waals surface area contributed by atoms with E-state index in [0.29, 0.717) is 18.5 Å². The number of likely N-dealkylation sites (N-methyl/N-ethyl adjacent to an activating group) is 1. The van der Waals surface area contributed by atoms with E-state index in [1.54, 1.807) is 0 Å². The van der Waals surface area contributed by atoms with Crippen molar-refractivity contribution in [1.82, 2.24) is 10.2 Å². The minimum atomic E-state index is -0.255. The second-order valence-corrected chi connectivity index (χ2v) is 5.82. The molecule has 0 amide bonds. The molecule has 0 saturated heterocycles. The summed E-state index contributed by atoms with van der Waals surface area (Å²) in [7, 11) is 3.50. The Morgan fingerprint density at radius 1 is 1.22 bits per heavy atom. The number of ether oxygens (including phenoxy) is 1. The first-order valence-electron chi connectivity index (χ1n) is 6.82. The van der Waals surface area contributed by atoms with Crippen LogP contribution in [0.1, 0.15) is 41.0 Å². The van der Waals surface area contributed by atoms with E-state index in [2.05, 4.69) is 38.0 Å². The van der Waals surface area contributed by atoms with Crippen molar-refractivity contribution in [2.45, 2.75) is 59.2 Å². The number of carbonyl (C=O) groups is 1. The zero-order valence-corrected chi connectivity index (χ0v) is 13.0. The lowest BCUT2D eigenvalue weighted by atomic mass is 10.0. The predicted molar refractivity (Wildman–Crippen MR) is 75.6 cm³/mol. The molecule has 2 atom stereocenters. The van der Waals surface area contributed by atoms with Crippen molar-refractivity contribution >= 4 is 5.97 Å². The zero-order valence-electron chi connectivity index (χ0n) is 13.0. The van der Waals surface area contributed by atoms with Crippen LogP contribution < -0.4 is 5.32 Å². The smallest absolute Gasteiger partial charge is 0.324 e. The summed E-state index contributed by atoms with van der Waals surface area (Å²) in [5, 5.41) is 3.25. The van der Waals surface area contributed by atoms with Crippen molar-refractivity contribution in [3.05, 3.63) is 0 Å². The molecule has 0 aromatic rings. The molecule has 4 nitrogen and oxygen atoms in total. The average molecular weight is 258 g/mol. The Kier molecular flexibility index (Phi) is 8.20. The molecule has 0 bridgehead atoms. The Morgan fingerprint density at radius 2 is 1.78 bits per heavy atom. The minimum Gasteiger partial charge on any atom is -0.468 e. The molecule has 18 heavy (non-hydrogen) atoms. The molecule has 0 saturated carbocycles. The van der Waals surface area contributed by atoms with E-state index in [0.717, 1.165) is 6.42 Å². The average Bonchev–Trinajstić information content (AvgIpc) is 2.25. The fourth-order valence-corrected chi connectivity index (χ4v) is 2.07. The summed E-state index contributed by atoms with van der Waals surface area (Å²) in [6.45, 7) is 11.4. The Bertz CT molecular complexity index is 242. The molecule has 2 unspecified atom stereocenters. The van der Waals surface area contributed by atoms with Crippen LogP contribution in [0.5, 0.6) is 0 Å². The van der Waals surface area contributed by atoms with Gasteiger partial charge in [0.1, 0.15) is 6.04 Å². The van der Waals surface area contributed by atoms with Crippen molar-refractivity contribution < 1.29 is 9.53 Å². The molecule has 0 aliphatic heterocycles. The summed E-state index contributed by atoms with van der Waals surface area (Å²) >= 11 is 0. The maximum atomic E-state index is 11.7. The fourth-order valence-electron chi connectivity index (χ4n) is 2.07. The normalized spacial score (nSPS) is 15.2. The summed E-state index contributed by atoms with van der Waals surface area (Å²) in [6, 6.07) is 0.476. The molecule has 0 aliphatic rings. The van der Waals surface area contributed by atoms with Crippen LogP contribution >= 0.6 is 0 Å². The maximum Gasteiger partial charge on any atom is 0.324 e. The highest BCUT2D eigenvalue weighted by Gasteiger charge is 2.23. The van der Waals surface area contributed by atoms with Crippen LogP contribution in [0.3, 0.4) is 0 Å². The van der Waals surface area contributed by atoms with Crippen molar-refractivity contribution in [2.75, 3.05) is 20.7 Å². The van der Waals surface area contributed by atoms with Gasteiger partial charge < -0.3 is 15.0 Å². The summed E-state index contributed by atoms with van der Waals surface area (Å²) in [5.74, 6) is 0.476. The van der Waals surface area contributed by atoms with Gasteiger partial charge in [0.2, 0.25) is 0 Å². The molecule has 0 fully saturated rings. The van der Waals surface area contributed by atoms with Gasteiger partial charge in [-0.05, 0) is 26.3 Å². The third-order valence-corrected chi connectivity index (χ3v) is 3.06. The van der Waals surface area contributed by atoms with Gasteiger partial charge in [-0.25, -0.2) is 0 Å². The van der Waals surface area contributed by atoms with E-state index in [1.807, 2.05) is 13.8 Å². The third kappa shape index (κ3) is 6.97. The van der Waals surface area contributed by atoms with Crippen LogP contribution in [0, 0.1) is 5.92 Å². The SMILES string of the molecule is COC(=O)C(CN(C)C(C)CC(C)C)NC(C)C. The van der Waals surface area contributed by atoms with Gasteiger partial charge in [-0.2, -0.15) is 0 Å². The molecule has 0 radical (unpaired) electrons. The fraction of sp³-hybridized carbons (Fsp3) is 0.929. The van der Waals surface area contributed by atoms with Gasteiger partial charge in [-0.15, -0.1) is 0 Å². The zero-order chi connectivity index (χ0) is 14.3. The van der Waals surface area contributed by atoms with E-state index in [4.69, 9.17) is 4.74 Å². The lowest BCUT2D eigenvalue weighted by Gasteiger charge is -2.30. The van der Waals surface area contributed by atoms with Crippen molar-refractivity contribution in [1.29, 1.82) is 0 Å². The highest BCUT2D eigenvalue weighted by Crippen LogP contribution is 2.10. The Labute approximate surface area is 112 Å². The molecule has 4 heteroatoms. The number of rotatable bonds is 8. The van der Waals surface area contributed by atoms with E-state index >= 15 is 0 Å². The topological polar surface area (TPSA) is 41.6 Å². The molecule has 108 valence electrons. The monoisotopic (exact) mass is 258 g/mol. The molecule has 0 aromatic carbocycles. The highest BCUT2D eigenvalue weighted by atomic mass is 16.5. The van der Waals surface area contributed by atoms with E-state index in [1.165, 1.54) is 7.11 Å². The molecular weight excluding hydrogens is 228 g/mol. The van der Waals surface area contributed by atoms with E-state index < -0.39 is 0 Å². The largest absolute Gasteiger partial charge is 0.468 e. The Morgan fingerprint density at radius 3 is 2.17 bits per heavy atom. The van der Waals surface area contributed by atoms with Crippen LogP contribution in [-0.4, -0.2) is 49.7 Å². The first-order chi connectivity index (χ1) is 8.27. The van der Waals surface area contributed by atoms with E-state index in [9.17, 15) is 4.79 Å². The van der Waals surface area contributed by atoms with Gasteiger partial charge in [-0.1, -0.05) is 27.7 Å². The van der Waals surface area contributed by atoms with Gasteiger partial charge >= 0.3 is 5.97 Å². The maximum absolute atomic E-state index is 11.7. The van der Waals surface area contributed by atoms with Crippen molar-refractivity contribution in [2.24, 2.45) is 5.92 Å². The third-order valence-electron chi connectivity index (χ3n) is 3.06. The van der Waals surface area contributed by atoms with Crippen molar-refractivity contribution in [3.8, 4) is 0 Å². The summed E-state index contributed by atoms with van der Waals surface area (Å²) in [5.41, 5.74) is 0. The number of esters is 1. The van der Waals surface area contributed by atoms with Crippen molar-refractivity contribution in [3.63, 3.8) is 0 Å². The van der Waals surface area contributed by atoms with Gasteiger partial charge in [0.25, 0.3) is 0 Å². The van der Waals surface area contributed by atoms with Gasteiger partial charge in [0, 0.05) is 18.6 Å². The molecular formula is C14H30N2O2. The summed E-state index contributed by atoms with van der Waals surface area (Å²) in [6.07, 6.45) is 1.13. The van der Waals surface area contributed by atoms with E-state index in [-0.39, 0.29) is 18.1 Å². The van der Waals surface area contributed by atoms with Crippen LogP contribution in [0.25, 0.3) is 0 Å². The molecule has 0 heterocycles. The Hall–Kier alpha value is -0.610. The van der Waals surface area contributed by atoms with Crippen LogP contribution in [0.4, 0.5) is 0 Å². The molecule has 1 N–H and O–H groups in total. The molecule has 0 rings (SSSR count). The van der Waals surface area contributed by atoms with Crippen LogP contribution in [0.15, 0.2) is 0 Å². The molecule has 0 aliphatic carbocycles.